The van der Waals surface area contributed by atoms with Crippen LogP contribution in [0.15, 0.2) is 42.5 Å². The standard InChI is InChI=1S/C21H17Cl2N3O4S/c22-13-4-6-16(15(23)11-13)24-20(27)17-3-1-2-8-25(17)21(28)19-10-12-9-14(26(29)30)5-7-18(12)31-19/h4-7,9-11,17H,1-3,8H2,(H,24,27). The summed E-state index contributed by atoms with van der Waals surface area (Å²) in [5, 5.41) is 15.2. The van der Waals surface area contributed by atoms with Crippen molar-refractivity contribution in [3.05, 3.63) is 67.5 Å². The third kappa shape index (κ3) is 4.51. The van der Waals surface area contributed by atoms with Gasteiger partial charge in [-0.2, -0.15) is 0 Å². The molecule has 0 saturated carbocycles. The molecule has 1 atom stereocenters. The first kappa shape index (κ1) is 21.5. The number of hydrogen-bond acceptors (Lipinski definition) is 5. The summed E-state index contributed by atoms with van der Waals surface area (Å²) in [4.78, 5) is 38.8. The van der Waals surface area contributed by atoms with Crippen molar-refractivity contribution in [2.75, 3.05) is 11.9 Å². The van der Waals surface area contributed by atoms with Gasteiger partial charge in [-0.05, 0) is 49.6 Å². The molecule has 2 amide bonds. The second-order valence-electron chi connectivity index (χ2n) is 7.21. The van der Waals surface area contributed by atoms with Crippen molar-refractivity contribution >= 4 is 67.8 Å². The van der Waals surface area contributed by atoms with Crippen molar-refractivity contribution in [3.8, 4) is 0 Å². The normalized spacial score (nSPS) is 16.3. The Labute approximate surface area is 191 Å². The molecule has 7 nitrogen and oxygen atoms in total. The van der Waals surface area contributed by atoms with Gasteiger partial charge in [0.2, 0.25) is 5.91 Å². The molecule has 1 fully saturated rings. The highest BCUT2D eigenvalue weighted by atomic mass is 35.5. The molecule has 3 aromatic rings. The number of nitro benzene ring substituents is 1. The molecule has 10 heteroatoms. The third-order valence-electron chi connectivity index (χ3n) is 5.18. The molecule has 4 rings (SSSR count). The highest BCUT2D eigenvalue weighted by molar-refractivity contribution is 7.20. The van der Waals surface area contributed by atoms with E-state index in [0.717, 1.165) is 17.5 Å². The molecular weight excluding hydrogens is 461 g/mol. The molecule has 2 heterocycles. The van der Waals surface area contributed by atoms with Gasteiger partial charge in [-0.15, -0.1) is 11.3 Å². The second-order valence-corrected chi connectivity index (χ2v) is 9.14. The van der Waals surface area contributed by atoms with E-state index in [1.54, 1.807) is 35.2 Å². The van der Waals surface area contributed by atoms with Gasteiger partial charge in [0.15, 0.2) is 0 Å². The largest absolute Gasteiger partial charge is 0.326 e. The first-order chi connectivity index (χ1) is 14.8. The van der Waals surface area contributed by atoms with Crippen molar-refractivity contribution in [2.24, 2.45) is 0 Å². The van der Waals surface area contributed by atoms with E-state index in [4.69, 9.17) is 23.2 Å². The van der Waals surface area contributed by atoms with E-state index >= 15 is 0 Å². The smallest absolute Gasteiger partial charge is 0.270 e. The summed E-state index contributed by atoms with van der Waals surface area (Å²) in [5.41, 5.74) is 0.405. The van der Waals surface area contributed by atoms with E-state index < -0.39 is 11.0 Å². The predicted molar refractivity (Wildman–Crippen MR) is 122 cm³/mol. The summed E-state index contributed by atoms with van der Waals surface area (Å²) in [6, 6.07) is 10.3. The Morgan fingerprint density at radius 3 is 2.68 bits per heavy atom. The van der Waals surface area contributed by atoms with Crippen molar-refractivity contribution < 1.29 is 14.5 Å². The molecule has 160 valence electrons. The number of halogens is 2. The van der Waals surface area contributed by atoms with E-state index in [0.29, 0.717) is 39.0 Å². The monoisotopic (exact) mass is 477 g/mol. The highest BCUT2D eigenvalue weighted by Crippen LogP contribution is 2.32. The summed E-state index contributed by atoms with van der Waals surface area (Å²) >= 11 is 13.3. The van der Waals surface area contributed by atoms with Crippen LogP contribution >= 0.6 is 34.5 Å². The average Bonchev–Trinajstić information content (AvgIpc) is 3.18. The number of nitrogens with one attached hydrogen (secondary N) is 1. The number of carbonyl (C=O) groups excluding carboxylic acids is 2. The van der Waals surface area contributed by atoms with Crippen LogP contribution in [0.5, 0.6) is 0 Å². The molecule has 1 saturated heterocycles. The molecule has 1 aliphatic rings. The third-order valence-corrected chi connectivity index (χ3v) is 6.83. The number of nitrogens with zero attached hydrogens (tertiary/aromatic N) is 2. The van der Waals surface area contributed by atoms with Crippen LogP contribution in [-0.2, 0) is 4.79 Å². The number of fused-ring (bicyclic) bond motifs is 1. The number of amides is 2. The zero-order valence-corrected chi connectivity index (χ0v) is 18.5. The lowest BCUT2D eigenvalue weighted by Crippen LogP contribution is -2.49. The molecule has 31 heavy (non-hydrogen) atoms. The number of nitro groups is 1. The molecule has 0 bridgehead atoms. The van der Waals surface area contributed by atoms with Crippen molar-refractivity contribution in [1.29, 1.82) is 0 Å². The van der Waals surface area contributed by atoms with Gasteiger partial charge in [0.25, 0.3) is 11.6 Å². The minimum absolute atomic E-state index is 0.0284. The van der Waals surface area contributed by atoms with Crippen LogP contribution in [0.1, 0.15) is 28.9 Å². The van der Waals surface area contributed by atoms with Gasteiger partial charge in [0.05, 0.1) is 20.5 Å². The van der Waals surface area contributed by atoms with Gasteiger partial charge in [-0.1, -0.05) is 23.2 Å². The lowest BCUT2D eigenvalue weighted by Gasteiger charge is -2.34. The Balaban J connectivity index is 1.57. The fourth-order valence-electron chi connectivity index (χ4n) is 3.65. The Kier molecular flexibility index (Phi) is 6.13. The Bertz CT molecular complexity index is 1200. The highest BCUT2D eigenvalue weighted by Gasteiger charge is 2.33. The molecule has 0 aliphatic carbocycles. The zero-order valence-electron chi connectivity index (χ0n) is 16.1. The maximum absolute atomic E-state index is 13.2. The van der Waals surface area contributed by atoms with Gasteiger partial charge >= 0.3 is 0 Å². The zero-order chi connectivity index (χ0) is 22.1. The number of hydrogen-bond donors (Lipinski definition) is 1. The number of benzene rings is 2. The molecular formula is C21H17Cl2N3O4S. The minimum atomic E-state index is -0.632. The molecule has 1 aromatic heterocycles. The van der Waals surface area contributed by atoms with E-state index in [1.165, 1.54) is 23.5 Å². The van der Waals surface area contributed by atoms with Crippen LogP contribution in [0.25, 0.3) is 10.1 Å². The maximum Gasteiger partial charge on any atom is 0.270 e. The van der Waals surface area contributed by atoms with Crippen molar-refractivity contribution in [1.82, 2.24) is 4.90 Å². The molecule has 0 radical (unpaired) electrons. The van der Waals surface area contributed by atoms with Crippen LogP contribution in [-0.4, -0.2) is 34.2 Å². The topological polar surface area (TPSA) is 92.6 Å². The van der Waals surface area contributed by atoms with E-state index in [-0.39, 0.29) is 17.5 Å². The number of thiophene rings is 1. The average molecular weight is 478 g/mol. The molecule has 1 aliphatic heterocycles. The predicted octanol–water partition coefficient (Wildman–Crippen LogP) is 5.75. The molecule has 2 aromatic carbocycles. The van der Waals surface area contributed by atoms with Crippen molar-refractivity contribution in [2.45, 2.75) is 25.3 Å². The minimum Gasteiger partial charge on any atom is -0.326 e. The van der Waals surface area contributed by atoms with Crippen LogP contribution in [0.4, 0.5) is 11.4 Å². The summed E-state index contributed by atoms with van der Waals surface area (Å²) < 4.78 is 0.778. The second kappa shape index (κ2) is 8.82. The Hall–Kier alpha value is -2.68. The fraction of sp³-hybridized carbons (Fsp3) is 0.238. The number of non-ortho nitro benzene ring substituents is 1. The van der Waals surface area contributed by atoms with Gasteiger partial charge in [0, 0.05) is 33.8 Å². The summed E-state index contributed by atoms with van der Waals surface area (Å²) in [5.74, 6) is -0.570. The first-order valence-corrected chi connectivity index (χ1v) is 11.2. The lowest BCUT2D eigenvalue weighted by molar-refractivity contribution is -0.384. The van der Waals surface area contributed by atoms with Crippen LogP contribution < -0.4 is 5.32 Å². The number of rotatable bonds is 4. The quantitative estimate of drug-likeness (QED) is 0.382. The Morgan fingerprint density at radius 1 is 1.13 bits per heavy atom. The van der Waals surface area contributed by atoms with Crippen molar-refractivity contribution in [3.63, 3.8) is 0 Å². The Morgan fingerprint density at radius 2 is 1.94 bits per heavy atom. The van der Waals surface area contributed by atoms with Gasteiger partial charge < -0.3 is 10.2 Å². The molecule has 1 N–H and O–H groups in total. The van der Waals surface area contributed by atoms with Gasteiger partial charge in [-0.25, -0.2) is 0 Å². The van der Waals surface area contributed by atoms with Crippen LogP contribution in [0, 0.1) is 10.1 Å². The number of anilines is 1. The van der Waals surface area contributed by atoms with E-state index in [2.05, 4.69) is 5.32 Å². The lowest BCUT2D eigenvalue weighted by atomic mass is 10.0. The fourth-order valence-corrected chi connectivity index (χ4v) is 5.10. The molecule has 1 unspecified atom stereocenters. The summed E-state index contributed by atoms with van der Waals surface area (Å²) in [7, 11) is 0. The number of piperidine rings is 1. The number of carbonyl (C=O) groups is 2. The first-order valence-electron chi connectivity index (χ1n) is 9.58. The van der Waals surface area contributed by atoms with E-state index in [9.17, 15) is 19.7 Å². The van der Waals surface area contributed by atoms with E-state index in [1.807, 2.05) is 0 Å². The maximum atomic E-state index is 13.2. The summed E-state index contributed by atoms with van der Waals surface area (Å²) in [6.07, 6.45) is 2.17. The van der Waals surface area contributed by atoms with Gasteiger partial charge in [0.1, 0.15) is 6.04 Å². The van der Waals surface area contributed by atoms with Gasteiger partial charge in [-0.3, -0.25) is 19.7 Å². The number of likely N-dealkylation sites (tertiary alicyclic amines) is 1. The SMILES string of the molecule is O=C(Nc1ccc(Cl)cc1Cl)C1CCCCN1C(=O)c1cc2cc([N+](=O)[O-])ccc2s1. The van der Waals surface area contributed by atoms with Crippen LogP contribution in [0.3, 0.4) is 0 Å². The van der Waals surface area contributed by atoms with Crippen LogP contribution in [0.2, 0.25) is 10.0 Å². The molecule has 0 spiro atoms. The summed E-state index contributed by atoms with van der Waals surface area (Å²) in [6.45, 7) is 0.458.